The topological polar surface area (TPSA) is 85.6 Å². The minimum Gasteiger partial charge on any atom is -0.355 e. The molecule has 6 rings (SSSR count). The Morgan fingerprint density at radius 2 is 1.67 bits per heavy atom. The Hall–Kier alpha value is -3.22. The number of benzene rings is 2. The molecule has 4 heterocycles. The number of hydrogen-bond acceptors (Lipinski definition) is 4. The molecule has 2 atom stereocenters. The van der Waals surface area contributed by atoms with E-state index in [1.807, 2.05) is 6.20 Å². The second kappa shape index (κ2) is 8.61. The Bertz CT molecular complexity index is 1270. The number of rotatable bonds is 6. The van der Waals surface area contributed by atoms with Gasteiger partial charge in [0.25, 0.3) is 0 Å². The van der Waals surface area contributed by atoms with Crippen molar-refractivity contribution in [2.45, 2.75) is 44.2 Å². The van der Waals surface area contributed by atoms with E-state index in [4.69, 9.17) is 0 Å². The van der Waals surface area contributed by atoms with Crippen LogP contribution in [0.2, 0.25) is 0 Å². The highest BCUT2D eigenvalue weighted by molar-refractivity contribution is 5.90. The van der Waals surface area contributed by atoms with Gasteiger partial charge in [0.15, 0.2) is 5.78 Å². The lowest BCUT2D eigenvalue weighted by Crippen LogP contribution is -2.31. The van der Waals surface area contributed by atoms with Crippen molar-refractivity contribution in [1.82, 2.24) is 25.6 Å². The molecular formula is C27H29N5O. The van der Waals surface area contributed by atoms with Crippen LogP contribution in [-0.2, 0) is 11.2 Å². The lowest BCUT2D eigenvalue weighted by molar-refractivity contribution is -0.120. The second-order valence-electron chi connectivity index (χ2n) is 9.31. The van der Waals surface area contributed by atoms with Crippen LogP contribution in [0.1, 0.15) is 43.1 Å². The van der Waals surface area contributed by atoms with E-state index in [1.165, 1.54) is 6.42 Å². The molecule has 0 amide bonds. The number of carbonyl (C=O) groups is 1. The van der Waals surface area contributed by atoms with E-state index in [1.54, 1.807) is 0 Å². The number of ketones is 1. The van der Waals surface area contributed by atoms with Crippen LogP contribution in [0.3, 0.4) is 0 Å². The number of hydrogen-bond donors (Lipinski definition) is 4. The quantitative estimate of drug-likeness (QED) is 0.356. The summed E-state index contributed by atoms with van der Waals surface area (Å²) < 4.78 is 0. The average molecular weight is 440 g/mol. The summed E-state index contributed by atoms with van der Waals surface area (Å²) in [6, 6.07) is 17.4. The molecule has 33 heavy (non-hydrogen) atoms. The highest BCUT2D eigenvalue weighted by Gasteiger charge is 2.22. The molecule has 0 bridgehead atoms. The molecule has 2 aromatic carbocycles. The highest BCUT2D eigenvalue weighted by atomic mass is 16.1. The monoisotopic (exact) mass is 439 g/mol. The van der Waals surface area contributed by atoms with Crippen molar-refractivity contribution in [3.8, 4) is 22.5 Å². The molecule has 2 aromatic heterocycles. The molecule has 2 aliphatic heterocycles. The van der Waals surface area contributed by atoms with Gasteiger partial charge in [0.2, 0.25) is 0 Å². The summed E-state index contributed by atoms with van der Waals surface area (Å²) in [7, 11) is 0. The van der Waals surface area contributed by atoms with Crippen LogP contribution in [0.15, 0.2) is 54.7 Å². The number of aromatic nitrogens is 3. The van der Waals surface area contributed by atoms with E-state index < -0.39 is 0 Å². The molecule has 6 nitrogen and oxygen atoms in total. The van der Waals surface area contributed by atoms with Gasteiger partial charge in [-0.25, -0.2) is 4.98 Å². The summed E-state index contributed by atoms with van der Waals surface area (Å²) in [5.41, 5.74) is 6.57. The average Bonchev–Trinajstić information content (AvgIpc) is 3.64. The van der Waals surface area contributed by atoms with E-state index in [0.717, 1.165) is 77.2 Å². The van der Waals surface area contributed by atoms with Crippen molar-refractivity contribution in [3.05, 3.63) is 66.1 Å². The Morgan fingerprint density at radius 1 is 0.879 bits per heavy atom. The highest BCUT2D eigenvalue weighted by Crippen LogP contribution is 2.29. The second-order valence-corrected chi connectivity index (χ2v) is 9.31. The third kappa shape index (κ3) is 4.12. The van der Waals surface area contributed by atoms with E-state index in [2.05, 4.69) is 74.1 Å². The van der Waals surface area contributed by atoms with Gasteiger partial charge in [-0.05, 0) is 73.7 Å². The molecule has 168 valence electrons. The molecule has 0 saturated carbocycles. The fraction of sp³-hybridized carbons (Fsp3) is 0.333. The summed E-state index contributed by atoms with van der Waals surface area (Å²) in [6.07, 6.45) is 6.81. The molecule has 2 aliphatic rings. The van der Waals surface area contributed by atoms with Gasteiger partial charge >= 0.3 is 0 Å². The van der Waals surface area contributed by atoms with Gasteiger partial charge in [-0.1, -0.05) is 30.3 Å². The molecule has 0 radical (unpaired) electrons. The number of aromatic amines is 2. The SMILES string of the molecule is O=C(Cc1ccc2[nH]c(-c3ccc(-c4cnc([C@@H]5CCCN5)[nH]4)cc3)cc2c1)[C@@H]1CCCN1. The summed E-state index contributed by atoms with van der Waals surface area (Å²) >= 11 is 0. The number of nitrogens with one attached hydrogen (secondary N) is 4. The zero-order chi connectivity index (χ0) is 22.2. The standard InChI is InChI=1S/C27H29N5O/c33-26(22-3-1-11-28-22)14-17-5-10-21-20(13-17)15-24(31-21)18-6-8-19(9-7-18)25-16-30-27(32-25)23-4-2-12-29-23/h5-10,13,15-16,22-23,28-29,31H,1-4,11-12,14H2,(H,30,32)/t22-,23-/m0/s1. The van der Waals surface area contributed by atoms with Gasteiger partial charge in [0.1, 0.15) is 5.82 Å². The fourth-order valence-corrected chi connectivity index (χ4v) is 5.14. The summed E-state index contributed by atoms with van der Waals surface area (Å²) in [6.45, 7) is 2.02. The number of nitrogens with zero attached hydrogens (tertiary/aromatic N) is 1. The van der Waals surface area contributed by atoms with Crippen molar-refractivity contribution in [3.63, 3.8) is 0 Å². The van der Waals surface area contributed by atoms with Crippen LogP contribution < -0.4 is 10.6 Å². The first-order valence-corrected chi connectivity index (χ1v) is 12.0. The molecule has 4 N–H and O–H groups in total. The van der Waals surface area contributed by atoms with Gasteiger partial charge in [-0.15, -0.1) is 0 Å². The van der Waals surface area contributed by atoms with E-state index in [9.17, 15) is 4.79 Å². The molecular weight excluding hydrogens is 410 g/mol. The van der Waals surface area contributed by atoms with Gasteiger partial charge in [-0.2, -0.15) is 0 Å². The first-order valence-electron chi connectivity index (χ1n) is 12.0. The third-order valence-corrected chi connectivity index (χ3v) is 7.01. The lowest BCUT2D eigenvalue weighted by atomic mass is 10.0. The number of carbonyl (C=O) groups excluding carboxylic acids is 1. The van der Waals surface area contributed by atoms with E-state index >= 15 is 0 Å². The first kappa shape index (κ1) is 20.4. The summed E-state index contributed by atoms with van der Waals surface area (Å²) in [4.78, 5) is 24.1. The first-order chi connectivity index (χ1) is 16.2. The Morgan fingerprint density at radius 3 is 2.42 bits per heavy atom. The van der Waals surface area contributed by atoms with E-state index in [-0.39, 0.29) is 6.04 Å². The maximum atomic E-state index is 12.5. The third-order valence-electron chi connectivity index (χ3n) is 7.01. The maximum Gasteiger partial charge on any atom is 0.154 e. The number of H-pyrrole nitrogens is 2. The number of imidazole rings is 1. The number of Topliss-reactive ketones (excluding diaryl/α,β-unsaturated/α-hetero) is 1. The van der Waals surface area contributed by atoms with E-state index in [0.29, 0.717) is 18.2 Å². The van der Waals surface area contributed by atoms with Crippen molar-refractivity contribution in [2.24, 2.45) is 0 Å². The van der Waals surface area contributed by atoms with Gasteiger partial charge < -0.3 is 20.6 Å². The smallest absolute Gasteiger partial charge is 0.154 e. The minimum absolute atomic E-state index is 0.0291. The van der Waals surface area contributed by atoms with Crippen LogP contribution in [0, 0.1) is 0 Å². The van der Waals surface area contributed by atoms with Crippen molar-refractivity contribution < 1.29 is 4.79 Å². The van der Waals surface area contributed by atoms with Crippen molar-refractivity contribution >= 4 is 16.7 Å². The minimum atomic E-state index is 0.0291. The summed E-state index contributed by atoms with van der Waals surface area (Å²) in [5, 5.41) is 7.94. The van der Waals surface area contributed by atoms with Crippen LogP contribution >= 0.6 is 0 Å². The number of fused-ring (bicyclic) bond motifs is 1. The van der Waals surface area contributed by atoms with Gasteiger partial charge in [0.05, 0.1) is 24.0 Å². The molecule has 0 spiro atoms. The fourth-order valence-electron chi connectivity index (χ4n) is 5.14. The predicted molar refractivity (Wildman–Crippen MR) is 131 cm³/mol. The molecule has 4 aromatic rings. The molecule has 0 aliphatic carbocycles. The lowest BCUT2D eigenvalue weighted by Gasteiger charge is -2.08. The Labute approximate surface area is 193 Å². The van der Waals surface area contributed by atoms with Crippen molar-refractivity contribution in [2.75, 3.05) is 13.1 Å². The van der Waals surface area contributed by atoms with Crippen LogP contribution in [0.25, 0.3) is 33.4 Å². The Kier molecular flexibility index (Phi) is 5.32. The van der Waals surface area contributed by atoms with Crippen molar-refractivity contribution in [1.29, 1.82) is 0 Å². The van der Waals surface area contributed by atoms with Crippen LogP contribution in [-0.4, -0.2) is 39.9 Å². The largest absolute Gasteiger partial charge is 0.355 e. The zero-order valence-corrected chi connectivity index (χ0v) is 18.7. The van der Waals surface area contributed by atoms with Gasteiger partial charge in [0, 0.05) is 23.0 Å². The zero-order valence-electron chi connectivity index (χ0n) is 18.7. The Balaban J connectivity index is 1.19. The van der Waals surface area contributed by atoms with Gasteiger partial charge in [-0.3, -0.25) is 4.79 Å². The molecule has 2 fully saturated rings. The summed E-state index contributed by atoms with van der Waals surface area (Å²) in [5.74, 6) is 1.32. The van der Waals surface area contributed by atoms with Crippen LogP contribution in [0.4, 0.5) is 0 Å². The predicted octanol–water partition coefficient (Wildman–Crippen LogP) is 4.51. The molecule has 2 saturated heterocycles. The molecule has 0 unspecified atom stereocenters. The van der Waals surface area contributed by atoms with Crippen LogP contribution in [0.5, 0.6) is 0 Å². The maximum absolute atomic E-state index is 12.5. The normalized spacial score (nSPS) is 20.6. The molecule has 6 heteroatoms.